The van der Waals surface area contributed by atoms with Gasteiger partial charge in [0.15, 0.2) is 0 Å². The standard InChI is InChI=1S/C9H15NO3/c1-12-9(11)13-8-6-10-4-2-7(8)3-5-10/h7-8H,2-6H2,1H3. The highest BCUT2D eigenvalue weighted by atomic mass is 16.7. The van der Waals surface area contributed by atoms with Crippen LogP contribution in [0.1, 0.15) is 12.8 Å². The normalized spacial score (nSPS) is 37.2. The summed E-state index contributed by atoms with van der Waals surface area (Å²) in [6, 6.07) is 0. The quantitative estimate of drug-likeness (QED) is 0.568. The second kappa shape index (κ2) is 3.54. The summed E-state index contributed by atoms with van der Waals surface area (Å²) in [5.74, 6) is 0.559. The highest BCUT2D eigenvalue weighted by Crippen LogP contribution is 2.29. The molecule has 74 valence electrons. The minimum atomic E-state index is -0.543. The van der Waals surface area contributed by atoms with Crippen LogP contribution in [0.2, 0.25) is 0 Å². The minimum absolute atomic E-state index is 0.0648. The lowest BCUT2D eigenvalue weighted by molar-refractivity contribution is -0.0536. The summed E-state index contributed by atoms with van der Waals surface area (Å²) < 4.78 is 9.65. The third-order valence-electron chi connectivity index (χ3n) is 3.01. The van der Waals surface area contributed by atoms with Crippen molar-refractivity contribution < 1.29 is 14.3 Å². The number of hydrogen-bond donors (Lipinski definition) is 0. The van der Waals surface area contributed by atoms with E-state index in [9.17, 15) is 4.79 Å². The number of carbonyl (C=O) groups excluding carboxylic acids is 1. The van der Waals surface area contributed by atoms with Gasteiger partial charge in [-0.15, -0.1) is 0 Å². The maximum Gasteiger partial charge on any atom is 0.508 e. The van der Waals surface area contributed by atoms with Gasteiger partial charge in [-0.2, -0.15) is 0 Å². The number of fused-ring (bicyclic) bond motifs is 3. The molecular weight excluding hydrogens is 170 g/mol. The van der Waals surface area contributed by atoms with E-state index in [1.807, 2.05) is 0 Å². The van der Waals surface area contributed by atoms with Gasteiger partial charge in [0.05, 0.1) is 7.11 Å². The van der Waals surface area contributed by atoms with Crippen LogP contribution in [0.15, 0.2) is 0 Å². The Hall–Kier alpha value is -0.770. The smallest absolute Gasteiger partial charge is 0.438 e. The summed E-state index contributed by atoms with van der Waals surface area (Å²) in [5.41, 5.74) is 0. The van der Waals surface area contributed by atoms with E-state index in [2.05, 4.69) is 9.64 Å². The number of piperidine rings is 3. The van der Waals surface area contributed by atoms with Crippen molar-refractivity contribution in [2.45, 2.75) is 18.9 Å². The van der Waals surface area contributed by atoms with Gasteiger partial charge in [0.25, 0.3) is 0 Å². The van der Waals surface area contributed by atoms with E-state index < -0.39 is 6.16 Å². The highest BCUT2D eigenvalue weighted by molar-refractivity contribution is 5.59. The Labute approximate surface area is 77.8 Å². The molecule has 0 aliphatic carbocycles. The molecule has 1 atom stereocenters. The van der Waals surface area contributed by atoms with E-state index in [-0.39, 0.29) is 6.10 Å². The molecule has 0 radical (unpaired) electrons. The zero-order valence-corrected chi connectivity index (χ0v) is 7.86. The van der Waals surface area contributed by atoms with Crippen molar-refractivity contribution in [3.8, 4) is 0 Å². The summed E-state index contributed by atoms with van der Waals surface area (Å²) >= 11 is 0. The lowest BCUT2D eigenvalue weighted by atomic mass is 9.86. The van der Waals surface area contributed by atoms with Crippen molar-refractivity contribution in [2.24, 2.45) is 5.92 Å². The molecule has 0 aromatic carbocycles. The van der Waals surface area contributed by atoms with Crippen LogP contribution in [0.4, 0.5) is 4.79 Å². The van der Waals surface area contributed by atoms with Crippen LogP contribution in [0.25, 0.3) is 0 Å². The van der Waals surface area contributed by atoms with Crippen molar-refractivity contribution in [1.29, 1.82) is 0 Å². The van der Waals surface area contributed by atoms with Crippen LogP contribution < -0.4 is 0 Å². The fourth-order valence-corrected chi connectivity index (χ4v) is 2.22. The van der Waals surface area contributed by atoms with E-state index in [0.717, 1.165) is 32.5 Å². The maximum absolute atomic E-state index is 10.9. The van der Waals surface area contributed by atoms with E-state index in [1.54, 1.807) is 0 Å². The Morgan fingerprint density at radius 3 is 2.54 bits per heavy atom. The van der Waals surface area contributed by atoms with Gasteiger partial charge in [-0.1, -0.05) is 0 Å². The first-order valence-electron chi connectivity index (χ1n) is 4.76. The van der Waals surface area contributed by atoms with Crippen LogP contribution in [-0.4, -0.2) is 43.9 Å². The van der Waals surface area contributed by atoms with Gasteiger partial charge in [0.2, 0.25) is 0 Å². The zero-order chi connectivity index (χ0) is 9.26. The van der Waals surface area contributed by atoms with Crippen LogP contribution >= 0.6 is 0 Å². The van der Waals surface area contributed by atoms with Gasteiger partial charge in [0, 0.05) is 6.54 Å². The van der Waals surface area contributed by atoms with Gasteiger partial charge in [-0.25, -0.2) is 4.79 Å². The average Bonchev–Trinajstić information content (AvgIpc) is 2.19. The zero-order valence-electron chi connectivity index (χ0n) is 7.86. The first-order chi connectivity index (χ1) is 6.29. The van der Waals surface area contributed by atoms with Crippen molar-refractivity contribution in [3.05, 3.63) is 0 Å². The van der Waals surface area contributed by atoms with Gasteiger partial charge < -0.3 is 9.47 Å². The Morgan fingerprint density at radius 2 is 2.08 bits per heavy atom. The summed E-state index contributed by atoms with van der Waals surface area (Å²) in [5, 5.41) is 0. The Balaban J connectivity index is 1.90. The minimum Gasteiger partial charge on any atom is -0.438 e. The van der Waals surface area contributed by atoms with Gasteiger partial charge in [-0.3, -0.25) is 4.90 Å². The molecule has 3 saturated heterocycles. The molecule has 3 aliphatic rings. The number of nitrogens with zero attached hydrogens (tertiary/aromatic N) is 1. The van der Waals surface area contributed by atoms with Crippen molar-refractivity contribution >= 4 is 6.16 Å². The largest absolute Gasteiger partial charge is 0.508 e. The molecule has 2 bridgehead atoms. The van der Waals surface area contributed by atoms with Gasteiger partial charge in [0.1, 0.15) is 6.10 Å². The van der Waals surface area contributed by atoms with E-state index >= 15 is 0 Å². The van der Waals surface area contributed by atoms with Crippen LogP contribution in [0.3, 0.4) is 0 Å². The predicted molar refractivity (Wildman–Crippen MR) is 46.4 cm³/mol. The molecule has 3 fully saturated rings. The van der Waals surface area contributed by atoms with Crippen LogP contribution in [-0.2, 0) is 9.47 Å². The van der Waals surface area contributed by atoms with E-state index in [1.165, 1.54) is 7.11 Å². The molecular formula is C9H15NO3. The lowest BCUT2D eigenvalue weighted by Gasteiger charge is -2.43. The first kappa shape index (κ1) is 8.81. The molecule has 0 spiro atoms. The number of carbonyl (C=O) groups is 1. The Morgan fingerprint density at radius 1 is 1.38 bits per heavy atom. The Kier molecular flexibility index (Phi) is 2.40. The molecule has 1 unspecified atom stereocenters. The summed E-state index contributed by atoms with van der Waals surface area (Å²) in [4.78, 5) is 13.2. The maximum atomic E-state index is 10.9. The van der Waals surface area contributed by atoms with Gasteiger partial charge in [-0.05, 0) is 31.8 Å². The summed E-state index contributed by atoms with van der Waals surface area (Å²) in [6.45, 7) is 3.21. The SMILES string of the molecule is COC(=O)OC1CN2CCC1CC2. The topological polar surface area (TPSA) is 38.8 Å². The molecule has 3 aliphatic heterocycles. The monoisotopic (exact) mass is 185 g/mol. The third-order valence-corrected chi connectivity index (χ3v) is 3.01. The first-order valence-corrected chi connectivity index (χ1v) is 4.76. The number of rotatable bonds is 1. The lowest BCUT2D eigenvalue weighted by Crippen LogP contribution is -2.51. The number of ether oxygens (including phenoxy) is 2. The second-order valence-electron chi connectivity index (χ2n) is 3.75. The number of hydrogen-bond acceptors (Lipinski definition) is 4. The molecule has 0 aromatic heterocycles. The molecule has 0 aromatic rings. The van der Waals surface area contributed by atoms with Crippen molar-refractivity contribution in [1.82, 2.24) is 4.90 Å². The molecule has 13 heavy (non-hydrogen) atoms. The average molecular weight is 185 g/mol. The van der Waals surface area contributed by atoms with Crippen molar-refractivity contribution in [3.63, 3.8) is 0 Å². The second-order valence-corrected chi connectivity index (χ2v) is 3.75. The highest BCUT2D eigenvalue weighted by Gasteiger charge is 2.36. The van der Waals surface area contributed by atoms with E-state index in [0.29, 0.717) is 5.92 Å². The van der Waals surface area contributed by atoms with Gasteiger partial charge >= 0.3 is 6.16 Å². The number of methoxy groups -OCH3 is 1. The fourth-order valence-electron chi connectivity index (χ4n) is 2.22. The molecule has 3 rings (SSSR count). The molecule has 0 N–H and O–H groups in total. The molecule has 4 nitrogen and oxygen atoms in total. The molecule has 0 saturated carbocycles. The Bertz CT molecular complexity index is 199. The summed E-state index contributed by atoms with van der Waals surface area (Å²) in [6.07, 6.45) is 1.83. The third kappa shape index (κ3) is 1.77. The molecule has 0 amide bonds. The predicted octanol–water partition coefficient (Wildman–Crippen LogP) is 0.864. The molecule has 3 heterocycles. The van der Waals surface area contributed by atoms with Crippen molar-refractivity contribution in [2.75, 3.05) is 26.7 Å². The van der Waals surface area contributed by atoms with E-state index in [4.69, 9.17) is 4.74 Å². The fraction of sp³-hybridized carbons (Fsp3) is 0.889. The van der Waals surface area contributed by atoms with Crippen LogP contribution in [0.5, 0.6) is 0 Å². The van der Waals surface area contributed by atoms with Crippen LogP contribution in [0, 0.1) is 5.92 Å². The summed E-state index contributed by atoms with van der Waals surface area (Å²) in [7, 11) is 1.35. The molecule has 4 heteroatoms.